The van der Waals surface area contributed by atoms with Gasteiger partial charge in [-0.2, -0.15) is 4.31 Å². The van der Waals surface area contributed by atoms with Crippen LogP contribution < -0.4 is 15.4 Å². The monoisotopic (exact) mass is 731 g/mol. The molecule has 6 N–H and O–H groups in total. The van der Waals surface area contributed by atoms with Crippen LogP contribution in [0.15, 0.2) is 66.0 Å². The molecule has 15 nitrogen and oxygen atoms in total. The molecule has 2 aromatic carbocycles. The van der Waals surface area contributed by atoms with Gasteiger partial charge in [0, 0.05) is 31.6 Å². The SMILES string of the molecule is CCC1CN(Cc2cc(C(CC(=O)Nc3cnc(NC(CO)CO)nc3)c3ccc4c(nnn4CC)c3C)ccc2C)S(O)(O)c2cccnc2O1. The zero-order chi connectivity index (χ0) is 37.0. The van der Waals surface area contributed by atoms with E-state index in [1.807, 2.05) is 62.7 Å². The maximum absolute atomic E-state index is 13.8. The van der Waals surface area contributed by atoms with E-state index in [4.69, 9.17) is 4.74 Å². The predicted molar refractivity (Wildman–Crippen MR) is 198 cm³/mol. The van der Waals surface area contributed by atoms with Crippen molar-refractivity contribution in [1.82, 2.24) is 34.3 Å². The molecule has 1 aliphatic heterocycles. The van der Waals surface area contributed by atoms with Gasteiger partial charge in [0.15, 0.2) is 0 Å². The highest BCUT2D eigenvalue weighted by Crippen LogP contribution is 2.57. The Balaban J connectivity index is 1.33. The summed E-state index contributed by atoms with van der Waals surface area (Å²) in [6.07, 6.45) is 4.91. The van der Waals surface area contributed by atoms with E-state index in [1.54, 1.807) is 22.6 Å². The molecule has 6 rings (SSSR count). The molecule has 4 heterocycles. The van der Waals surface area contributed by atoms with Crippen LogP contribution in [-0.2, 0) is 17.9 Å². The molecule has 0 fully saturated rings. The normalized spacial score (nSPS) is 16.9. The zero-order valence-electron chi connectivity index (χ0n) is 29.6. The Morgan fingerprint density at radius 3 is 2.54 bits per heavy atom. The molecule has 276 valence electrons. The van der Waals surface area contributed by atoms with Crippen LogP contribution in [0.25, 0.3) is 11.0 Å². The number of nitrogens with zero attached hydrogens (tertiary/aromatic N) is 7. The van der Waals surface area contributed by atoms with Crippen molar-refractivity contribution in [3.8, 4) is 5.88 Å². The van der Waals surface area contributed by atoms with Gasteiger partial charge < -0.3 is 25.6 Å². The van der Waals surface area contributed by atoms with Gasteiger partial charge in [0.1, 0.15) is 16.5 Å². The van der Waals surface area contributed by atoms with Crippen LogP contribution in [0.2, 0.25) is 0 Å². The first-order valence-corrected chi connectivity index (χ1v) is 18.7. The first-order chi connectivity index (χ1) is 25.1. The van der Waals surface area contributed by atoms with Crippen molar-refractivity contribution in [1.29, 1.82) is 0 Å². The molecule has 1 aliphatic rings. The second-order valence-corrected chi connectivity index (χ2v) is 14.8. The number of rotatable bonds is 13. The number of aryl methyl sites for hydroxylation is 3. The molecule has 2 unspecified atom stereocenters. The summed E-state index contributed by atoms with van der Waals surface area (Å²) in [4.78, 5) is 26.7. The van der Waals surface area contributed by atoms with Gasteiger partial charge in [0.25, 0.3) is 0 Å². The number of nitrogens with one attached hydrogen (secondary N) is 2. The number of ether oxygens (including phenoxy) is 1. The molecule has 0 aliphatic carbocycles. The first-order valence-electron chi connectivity index (χ1n) is 17.2. The molecule has 16 heteroatoms. The number of amides is 1. The van der Waals surface area contributed by atoms with E-state index in [0.29, 0.717) is 18.7 Å². The van der Waals surface area contributed by atoms with Gasteiger partial charge in [-0.1, -0.05) is 36.4 Å². The van der Waals surface area contributed by atoms with Gasteiger partial charge in [-0.15, -0.1) is 15.9 Å². The lowest BCUT2D eigenvalue weighted by Gasteiger charge is -2.41. The van der Waals surface area contributed by atoms with Crippen LogP contribution in [0.5, 0.6) is 5.88 Å². The minimum atomic E-state index is -3.44. The van der Waals surface area contributed by atoms with E-state index < -0.39 is 22.7 Å². The number of aliphatic hydroxyl groups excluding tert-OH is 2. The second-order valence-electron chi connectivity index (χ2n) is 12.8. The van der Waals surface area contributed by atoms with Crippen molar-refractivity contribution in [2.45, 2.75) is 76.6 Å². The predicted octanol–water partition coefficient (Wildman–Crippen LogP) is 4.88. The minimum Gasteiger partial charge on any atom is -0.472 e. The van der Waals surface area contributed by atoms with Crippen LogP contribution in [0.3, 0.4) is 0 Å². The summed E-state index contributed by atoms with van der Waals surface area (Å²) in [5.74, 6) is -0.244. The van der Waals surface area contributed by atoms with E-state index >= 15 is 0 Å². The Hall–Kier alpha value is -4.71. The molecule has 0 saturated heterocycles. The lowest BCUT2D eigenvalue weighted by atomic mass is 9.84. The summed E-state index contributed by atoms with van der Waals surface area (Å²) >= 11 is 0. The summed E-state index contributed by atoms with van der Waals surface area (Å²) in [5.41, 5.74) is 6.57. The van der Waals surface area contributed by atoms with Crippen molar-refractivity contribution in [3.63, 3.8) is 0 Å². The number of hydrogen-bond acceptors (Lipinski definition) is 13. The molecule has 2 atom stereocenters. The smallest absolute Gasteiger partial charge is 0.239 e. The Kier molecular flexibility index (Phi) is 11.3. The number of fused-ring (bicyclic) bond motifs is 2. The highest BCUT2D eigenvalue weighted by molar-refractivity contribution is 8.22. The van der Waals surface area contributed by atoms with Crippen LogP contribution >= 0.6 is 10.8 Å². The topological polar surface area (TPSA) is 204 Å². The van der Waals surface area contributed by atoms with Crippen LogP contribution in [0, 0.1) is 13.8 Å². The first kappa shape index (κ1) is 37.1. The Bertz CT molecular complexity index is 2020. The van der Waals surface area contributed by atoms with E-state index in [2.05, 4.69) is 35.9 Å². The molecule has 3 aromatic heterocycles. The number of anilines is 2. The molecule has 52 heavy (non-hydrogen) atoms. The maximum Gasteiger partial charge on any atom is 0.239 e. The van der Waals surface area contributed by atoms with E-state index in [1.165, 1.54) is 12.4 Å². The van der Waals surface area contributed by atoms with Gasteiger partial charge in [0.05, 0.1) is 49.4 Å². The minimum absolute atomic E-state index is 0.0670. The lowest BCUT2D eigenvalue weighted by Crippen LogP contribution is -2.34. The van der Waals surface area contributed by atoms with Crippen molar-refractivity contribution in [3.05, 3.63) is 88.9 Å². The molecule has 0 saturated carbocycles. The molecule has 5 aromatic rings. The van der Waals surface area contributed by atoms with Crippen molar-refractivity contribution < 1.29 is 28.8 Å². The van der Waals surface area contributed by atoms with Gasteiger partial charge >= 0.3 is 0 Å². The Morgan fingerprint density at radius 2 is 1.83 bits per heavy atom. The fraction of sp³-hybridized carbons (Fsp3) is 0.389. The number of carbonyl (C=O) groups excluding carboxylic acids is 1. The Morgan fingerprint density at radius 1 is 1.06 bits per heavy atom. The fourth-order valence-electron chi connectivity index (χ4n) is 6.37. The molecule has 0 radical (unpaired) electrons. The third-order valence-corrected chi connectivity index (χ3v) is 11.3. The number of aromatic nitrogens is 6. The summed E-state index contributed by atoms with van der Waals surface area (Å²) < 4.78 is 32.9. The lowest BCUT2D eigenvalue weighted by molar-refractivity contribution is -0.116. The highest BCUT2D eigenvalue weighted by atomic mass is 32.3. The highest BCUT2D eigenvalue weighted by Gasteiger charge is 2.36. The zero-order valence-corrected chi connectivity index (χ0v) is 30.4. The summed E-state index contributed by atoms with van der Waals surface area (Å²) in [7, 11) is -3.44. The quantitative estimate of drug-likeness (QED) is 0.0958. The maximum atomic E-state index is 13.8. The third-order valence-electron chi connectivity index (χ3n) is 9.41. The largest absolute Gasteiger partial charge is 0.472 e. The standard InChI is InChI=1S/C36H45N9O6S/c1-5-28-19-44(52(49,50)32-8-7-13-37-35(32)51-28)18-25-14-24(10-9-22(25)3)30(29-11-12-31-34(23(29)4)42-43-45(31)6-2)15-33(48)40-26-16-38-36(39-17-26)41-27(20-46)21-47/h7-14,16-17,27-28,30,46-47,49-50H,5-6,15,18-21H2,1-4H3,(H,40,48)(H,38,39,41). The number of pyridine rings is 1. The van der Waals surface area contributed by atoms with E-state index in [0.717, 1.165) is 38.9 Å². The average Bonchev–Trinajstić information content (AvgIpc) is 3.54. The molecular formula is C36H45N9O6S. The Labute approximate surface area is 303 Å². The van der Waals surface area contributed by atoms with Crippen molar-refractivity contribution >= 4 is 39.4 Å². The second kappa shape index (κ2) is 15.9. The molecule has 0 spiro atoms. The average molecular weight is 732 g/mol. The van der Waals surface area contributed by atoms with Gasteiger partial charge in [-0.05, 0) is 73.2 Å². The molecule has 1 amide bonds. The van der Waals surface area contributed by atoms with Gasteiger partial charge in [-0.3, -0.25) is 13.9 Å². The van der Waals surface area contributed by atoms with Crippen LogP contribution in [0.4, 0.5) is 11.6 Å². The van der Waals surface area contributed by atoms with Crippen LogP contribution in [-0.4, -0.2) is 91.4 Å². The third kappa shape index (κ3) is 7.72. The number of benzene rings is 2. The van der Waals surface area contributed by atoms with Gasteiger partial charge in [-0.25, -0.2) is 19.6 Å². The van der Waals surface area contributed by atoms with E-state index in [9.17, 15) is 24.1 Å². The summed E-state index contributed by atoms with van der Waals surface area (Å²) in [6, 6.07) is 12.7. The number of hydrogen-bond donors (Lipinski definition) is 6. The van der Waals surface area contributed by atoms with Gasteiger partial charge in [0.2, 0.25) is 17.7 Å². The van der Waals surface area contributed by atoms with E-state index in [-0.39, 0.29) is 61.5 Å². The fourth-order valence-corrected chi connectivity index (χ4v) is 7.94. The number of aliphatic hydroxyl groups is 2. The molecule has 0 bridgehead atoms. The van der Waals surface area contributed by atoms with Crippen molar-refractivity contribution in [2.75, 3.05) is 30.4 Å². The number of carbonyl (C=O) groups is 1. The summed E-state index contributed by atoms with van der Waals surface area (Å²) in [6.45, 7) is 8.55. The summed E-state index contributed by atoms with van der Waals surface area (Å²) in [5, 5.41) is 33.2. The molecular weight excluding hydrogens is 687 g/mol. The van der Waals surface area contributed by atoms with Crippen LogP contribution in [0.1, 0.15) is 60.4 Å². The van der Waals surface area contributed by atoms with Crippen molar-refractivity contribution in [2.24, 2.45) is 0 Å².